The first-order valence-corrected chi connectivity index (χ1v) is 11.4. The lowest BCUT2D eigenvalue weighted by molar-refractivity contribution is -0.137. The highest BCUT2D eigenvalue weighted by atomic mass is 16.6. The van der Waals surface area contributed by atoms with E-state index in [0.717, 1.165) is 5.56 Å². The van der Waals surface area contributed by atoms with Crippen molar-refractivity contribution >= 4 is 23.0 Å². The maximum Gasteiger partial charge on any atom is 0.408 e. The van der Waals surface area contributed by atoms with Crippen LogP contribution in [0.5, 0.6) is 11.5 Å². The lowest BCUT2D eigenvalue weighted by atomic mass is 10.0. The summed E-state index contributed by atoms with van der Waals surface area (Å²) in [6, 6.07) is 12.6. The van der Waals surface area contributed by atoms with Crippen molar-refractivity contribution in [1.29, 1.82) is 0 Å². The monoisotopic (exact) mass is 481 g/mol. The predicted octanol–water partition coefficient (Wildman–Crippen LogP) is 5.31. The van der Waals surface area contributed by atoms with Crippen molar-refractivity contribution in [2.24, 2.45) is 5.92 Å². The summed E-state index contributed by atoms with van der Waals surface area (Å²) in [4.78, 5) is 37.4. The quantitative estimate of drug-likeness (QED) is 0.277. The minimum atomic E-state index is -0.904. The molecular formula is C27H31NO7. The van der Waals surface area contributed by atoms with Gasteiger partial charge in [-0.15, -0.1) is 0 Å². The van der Waals surface area contributed by atoms with E-state index in [1.165, 1.54) is 12.1 Å². The van der Waals surface area contributed by atoms with Gasteiger partial charge in [0.25, 0.3) is 0 Å². The molecule has 8 heteroatoms. The number of carbonyl (C=O) groups excluding carboxylic acids is 2. The standard InChI is InChI=1S/C27H31NO7/c1-16(2)13-22(28-26(31)35-27(3,4)5)25(30)33-19-11-12-20-21(15-24(29)34-23(20)14-19)17-7-9-18(32-6)10-8-17/h7-12,14-16,22H,13H2,1-6H3,(H,28,31). The molecule has 0 saturated heterocycles. The molecule has 186 valence electrons. The van der Waals surface area contributed by atoms with Crippen LogP contribution in [0.25, 0.3) is 22.1 Å². The Kier molecular flexibility index (Phi) is 7.84. The van der Waals surface area contributed by atoms with Gasteiger partial charge in [-0.1, -0.05) is 26.0 Å². The van der Waals surface area contributed by atoms with E-state index >= 15 is 0 Å². The summed E-state index contributed by atoms with van der Waals surface area (Å²) in [5.74, 6) is 0.366. The zero-order valence-corrected chi connectivity index (χ0v) is 20.8. The van der Waals surface area contributed by atoms with Crippen LogP contribution in [0.4, 0.5) is 4.79 Å². The van der Waals surface area contributed by atoms with E-state index in [-0.39, 0.29) is 17.3 Å². The number of fused-ring (bicyclic) bond motifs is 1. The highest BCUT2D eigenvalue weighted by Gasteiger charge is 2.27. The fraction of sp³-hybridized carbons (Fsp3) is 0.370. The van der Waals surface area contributed by atoms with Crippen LogP contribution in [0.1, 0.15) is 41.0 Å². The highest BCUT2D eigenvalue weighted by Crippen LogP contribution is 2.31. The average molecular weight is 482 g/mol. The fourth-order valence-electron chi connectivity index (χ4n) is 3.54. The molecule has 0 aliphatic carbocycles. The first-order chi connectivity index (χ1) is 16.4. The zero-order valence-electron chi connectivity index (χ0n) is 20.8. The molecule has 3 aromatic rings. The smallest absolute Gasteiger partial charge is 0.408 e. The number of esters is 1. The Morgan fingerprint density at radius 2 is 1.66 bits per heavy atom. The topological polar surface area (TPSA) is 104 Å². The summed E-state index contributed by atoms with van der Waals surface area (Å²) in [5.41, 5.74) is 0.534. The minimum absolute atomic E-state index is 0.115. The third-order valence-electron chi connectivity index (χ3n) is 5.02. The molecule has 0 saturated carbocycles. The summed E-state index contributed by atoms with van der Waals surface area (Å²) in [7, 11) is 1.58. The van der Waals surface area contributed by atoms with Gasteiger partial charge in [-0.2, -0.15) is 0 Å². The van der Waals surface area contributed by atoms with Crippen LogP contribution in [0, 0.1) is 5.92 Å². The summed E-state index contributed by atoms with van der Waals surface area (Å²) >= 11 is 0. The van der Waals surface area contributed by atoms with Crippen LogP contribution in [0.3, 0.4) is 0 Å². The number of alkyl carbamates (subject to hydrolysis) is 1. The molecule has 1 heterocycles. The molecule has 0 spiro atoms. The van der Waals surface area contributed by atoms with E-state index in [1.807, 2.05) is 26.0 Å². The summed E-state index contributed by atoms with van der Waals surface area (Å²) < 4.78 is 21.4. The molecule has 0 aliphatic rings. The molecule has 0 radical (unpaired) electrons. The molecule has 8 nitrogen and oxygen atoms in total. The van der Waals surface area contributed by atoms with E-state index in [4.69, 9.17) is 18.6 Å². The van der Waals surface area contributed by atoms with Gasteiger partial charge in [0.15, 0.2) is 0 Å². The van der Waals surface area contributed by atoms with Crippen molar-refractivity contribution in [2.45, 2.75) is 52.7 Å². The van der Waals surface area contributed by atoms with Crippen molar-refractivity contribution in [1.82, 2.24) is 5.32 Å². The van der Waals surface area contributed by atoms with Crippen molar-refractivity contribution in [3.8, 4) is 22.6 Å². The van der Waals surface area contributed by atoms with Gasteiger partial charge in [-0.05, 0) is 68.5 Å². The van der Waals surface area contributed by atoms with Crippen LogP contribution >= 0.6 is 0 Å². The Hall–Kier alpha value is -3.81. The van der Waals surface area contributed by atoms with Crippen molar-refractivity contribution in [2.75, 3.05) is 7.11 Å². The van der Waals surface area contributed by atoms with Gasteiger partial charge in [-0.3, -0.25) is 0 Å². The van der Waals surface area contributed by atoms with Crippen LogP contribution in [-0.4, -0.2) is 30.8 Å². The lowest BCUT2D eigenvalue weighted by Crippen LogP contribution is -2.45. The Bertz CT molecular complexity index is 1250. The van der Waals surface area contributed by atoms with Crippen LogP contribution in [0.2, 0.25) is 0 Å². The number of rotatable bonds is 7. The SMILES string of the molecule is COc1ccc(-c2cc(=O)oc3cc(OC(=O)C(CC(C)C)NC(=O)OC(C)(C)C)ccc23)cc1. The molecule has 3 rings (SSSR count). The lowest BCUT2D eigenvalue weighted by Gasteiger charge is -2.23. The molecule has 0 aliphatic heterocycles. The zero-order chi connectivity index (χ0) is 25.8. The second-order valence-corrected chi connectivity index (χ2v) is 9.62. The summed E-state index contributed by atoms with van der Waals surface area (Å²) in [6.07, 6.45) is -0.337. The number of benzene rings is 2. The van der Waals surface area contributed by atoms with Crippen LogP contribution in [-0.2, 0) is 9.53 Å². The van der Waals surface area contributed by atoms with Gasteiger partial charge in [0.05, 0.1) is 7.11 Å². The minimum Gasteiger partial charge on any atom is -0.497 e. The Morgan fingerprint density at radius 3 is 2.26 bits per heavy atom. The maximum absolute atomic E-state index is 12.9. The van der Waals surface area contributed by atoms with Gasteiger partial charge in [0.1, 0.15) is 28.7 Å². The average Bonchev–Trinajstić information content (AvgIpc) is 2.76. The third kappa shape index (κ3) is 7.09. The maximum atomic E-state index is 12.9. The summed E-state index contributed by atoms with van der Waals surface area (Å²) in [6.45, 7) is 9.09. The summed E-state index contributed by atoms with van der Waals surface area (Å²) in [5, 5.41) is 3.27. The Labute approximate surface area is 204 Å². The Morgan fingerprint density at radius 1 is 1.00 bits per heavy atom. The van der Waals surface area contributed by atoms with E-state index in [1.54, 1.807) is 52.1 Å². The first-order valence-electron chi connectivity index (χ1n) is 11.4. The predicted molar refractivity (Wildman–Crippen MR) is 133 cm³/mol. The molecular weight excluding hydrogens is 450 g/mol. The molecule has 1 unspecified atom stereocenters. The largest absolute Gasteiger partial charge is 0.497 e. The van der Waals surface area contributed by atoms with Crippen LogP contribution in [0.15, 0.2) is 57.7 Å². The molecule has 1 amide bonds. The van der Waals surface area contributed by atoms with Crippen molar-refractivity contribution in [3.05, 3.63) is 59.0 Å². The molecule has 0 fully saturated rings. The molecule has 0 bridgehead atoms. The van der Waals surface area contributed by atoms with Gasteiger partial charge in [-0.25, -0.2) is 14.4 Å². The van der Waals surface area contributed by atoms with E-state index in [9.17, 15) is 14.4 Å². The first kappa shape index (κ1) is 25.8. The number of nitrogens with one attached hydrogen (secondary N) is 1. The molecule has 1 N–H and O–H groups in total. The van der Waals surface area contributed by atoms with Crippen molar-refractivity contribution < 1.29 is 28.2 Å². The number of carbonyl (C=O) groups is 2. The van der Waals surface area contributed by atoms with Crippen LogP contribution < -0.4 is 20.4 Å². The van der Waals surface area contributed by atoms with E-state index in [0.29, 0.717) is 23.1 Å². The van der Waals surface area contributed by atoms with E-state index in [2.05, 4.69) is 5.32 Å². The normalized spacial score (nSPS) is 12.3. The van der Waals surface area contributed by atoms with Gasteiger partial charge >= 0.3 is 17.7 Å². The number of ether oxygens (including phenoxy) is 3. The van der Waals surface area contributed by atoms with Gasteiger partial charge in [0, 0.05) is 17.5 Å². The second kappa shape index (κ2) is 10.6. The van der Waals surface area contributed by atoms with Crippen molar-refractivity contribution in [3.63, 3.8) is 0 Å². The van der Waals surface area contributed by atoms with E-state index < -0.39 is 29.3 Å². The second-order valence-electron chi connectivity index (χ2n) is 9.62. The van der Waals surface area contributed by atoms with Gasteiger partial charge < -0.3 is 23.9 Å². The number of amides is 1. The molecule has 2 aromatic carbocycles. The number of hydrogen-bond acceptors (Lipinski definition) is 7. The number of methoxy groups -OCH3 is 1. The number of hydrogen-bond donors (Lipinski definition) is 1. The van der Waals surface area contributed by atoms with Gasteiger partial charge in [0.2, 0.25) is 0 Å². The molecule has 1 atom stereocenters. The highest BCUT2D eigenvalue weighted by molar-refractivity contribution is 5.94. The third-order valence-corrected chi connectivity index (χ3v) is 5.02. The molecule has 1 aromatic heterocycles. The Balaban J connectivity index is 1.86. The molecule has 35 heavy (non-hydrogen) atoms. The fourth-order valence-corrected chi connectivity index (χ4v) is 3.54.